The first kappa shape index (κ1) is 28.0. The molecule has 0 fully saturated rings. The van der Waals surface area contributed by atoms with Crippen LogP contribution in [0.3, 0.4) is 0 Å². The van der Waals surface area contributed by atoms with E-state index < -0.39 is 24.4 Å². The standard InChI is InChI=1S/C21H38O9/c1-5-7-9-10-11-17(3)29-20(23)27-15-13-25-14-16-28-21(24)30-18(4)19(22)26-12-8-6-2/h17-18H,5-16H2,1-4H3/t17-,18+/m1/s1. The first-order valence-corrected chi connectivity index (χ1v) is 10.8. The second-order valence-corrected chi connectivity index (χ2v) is 6.87. The van der Waals surface area contributed by atoms with Crippen molar-refractivity contribution in [3.05, 3.63) is 0 Å². The summed E-state index contributed by atoms with van der Waals surface area (Å²) in [7, 11) is 0. The smallest absolute Gasteiger partial charge is 0.463 e. The normalized spacial score (nSPS) is 12.5. The Morgan fingerprint density at radius 2 is 1.27 bits per heavy atom. The summed E-state index contributed by atoms with van der Waals surface area (Å²) in [6.07, 6.45) is 4.04. The Balaban J connectivity index is 3.62. The summed E-state index contributed by atoms with van der Waals surface area (Å²) < 4.78 is 29.8. The van der Waals surface area contributed by atoms with Crippen molar-refractivity contribution in [2.24, 2.45) is 0 Å². The maximum absolute atomic E-state index is 11.6. The Morgan fingerprint density at radius 3 is 1.87 bits per heavy atom. The highest BCUT2D eigenvalue weighted by Gasteiger charge is 2.20. The molecular weight excluding hydrogens is 396 g/mol. The minimum Gasteiger partial charge on any atom is -0.463 e. The molecule has 0 amide bonds. The SMILES string of the molecule is CCCCCC[C@@H](C)OC(=O)OCCOCCOC(=O)O[C@@H](C)C(=O)OCCCC. The molecule has 9 heteroatoms. The fraction of sp³-hybridized carbons (Fsp3) is 0.857. The summed E-state index contributed by atoms with van der Waals surface area (Å²) in [4.78, 5) is 34.6. The van der Waals surface area contributed by atoms with Crippen LogP contribution in [-0.2, 0) is 33.2 Å². The average Bonchev–Trinajstić information content (AvgIpc) is 2.70. The van der Waals surface area contributed by atoms with E-state index in [2.05, 4.69) is 6.92 Å². The quantitative estimate of drug-likeness (QED) is 0.187. The summed E-state index contributed by atoms with van der Waals surface area (Å²) in [5.41, 5.74) is 0. The van der Waals surface area contributed by atoms with Gasteiger partial charge in [-0.1, -0.05) is 39.5 Å². The minimum atomic E-state index is -1.04. The van der Waals surface area contributed by atoms with Gasteiger partial charge in [0.25, 0.3) is 0 Å². The third kappa shape index (κ3) is 16.9. The monoisotopic (exact) mass is 434 g/mol. The predicted octanol–water partition coefficient (Wildman–Crippen LogP) is 4.40. The van der Waals surface area contributed by atoms with Crippen molar-refractivity contribution in [2.75, 3.05) is 33.0 Å². The molecule has 0 spiro atoms. The topological polar surface area (TPSA) is 107 Å². The highest BCUT2D eigenvalue weighted by molar-refractivity contribution is 5.76. The molecule has 0 aliphatic carbocycles. The second kappa shape index (κ2) is 19.0. The lowest BCUT2D eigenvalue weighted by atomic mass is 10.1. The molecule has 0 unspecified atom stereocenters. The van der Waals surface area contributed by atoms with Gasteiger partial charge in [0.2, 0.25) is 0 Å². The number of rotatable bonds is 17. The zero-order valence-corrected chi connectivity index (χ0v) is 18.8. The van der Waals surface area contributed by atoms with E-state index in [0.717, 1.165) is 38.5 Å². The third-order valence-electron chi connectivity index (χ3n) is 4.00. The molecule has 0 aliphatic rings. The molecule has 0 aromatic carbocycles. The Labute approximate surface area is 179 Å². The summed E-state index contributed by atoms with van der Waals surface area (Å²) in [5.74, 6) is -0.615. The summed E-state index contributed by atoms with van der Waals surface area (Å²) in [6, 6.07) is 0. The first-order valence-electron chi connectivity index (χ1n) is 10.8. The Hall–Kier alpha value is -2.03. The van der Waals surface area contributed by atoms with Gasteiger partial charge in [-0.2, -0.15) is 0 Å². The molecule has 0 rings (SSSR count). The van der Waals surface area contributed by atoms with Crippen molar-refractivity contribution in [1.29, 1.82) is 0 Å². The third-order valence-corrected chi connectivity index (χ3v) is 4.00. The van der Waals surface area contributed by atoms with Gasteiger partial charge in [-0.3, -0.25) is 0 Å². The first-order chi connectivity index (χ1) is 14.4. The lowest BCUT2D eigenvalue weighted by Crippen LogP contribution is -2.27. The molecule has 2 atom stereocenters. The van der Waals surface area contributed by atoms with Crippen molar-refractivity contribution in [1.82, 2.24) is 0 Å². The fourth-order valence-electron chi connectivity index (χ4n) is 2.25. The molecule has 0 radical (unpaired) electrons. The van der Waals surface area contributed by atoms with Gasteiger partial charge < -0.3 is 28.4 Å². The van der Waals surface area contributed by atoms with Gasteiger partial charge in [0.05, 0.1) is 19.8 Å². The van der Waals surface area contributed by atoms with E-state index in [1.54, 1.807) is 0 Å². The molecule has 176 valence electrons. The number of hydrogen-bond acceptors (Lipinski definition) is 9. The maximum Gasteiger partial charge on any atom is 0.509 e. The second-order valence-electron chi connectivity index (χ2n) is 6.87. The molecule has 0 aromatic heterocycles. The largest absolute Gasteiger partial charge is 0.509 e. The van der Waals surface area contributed by atoms with Gasteiger partial charge in [0, 0.05) is 0 Å². The Bertz CT molecular complexity index is 467. The fourth-order valence-corrected chi connectivity index (χ4v) is 2.25. The van der Waals surface area contributed by atoms with Gasteiger partial charge in [-0.15, -0.1) is 0 Å². The molecule has 0 saturated carbocycles. The van der Waals surface area contributed by atoms with Crippen LogP contribution in [0.2, 0.25) is 0 Å². The maximum atomic E-state index is 11.6. The molecule has 0 aromatic rings. The number of hydrogen-bond donors (Lipinski definition) is 0. The summed E-state index contributed by atoms with van der Waals surface area (Å²) in [5, 5.41) is 0. The van der Waals surface area contributed by atoms with Crippen LogP contribution in [0, 0.1) is 0 Å². The van der Waals surface area contributed by atoms with Gasteiger partial charge in [-0.05, 0) is 33.1 Å². The molecule has 0 saturated heterocycles. The van der Waals surface area contributed by atoms with Crippen molar-refractivity contribution in [3.63, 3.8) is 0 Å². The lowest BCUT2D eigenvalue weighted by molar-refractivity contribution is -0.154. The zero-order chi connectivity index (χ0) is 22.6. The van der Waals surface area contributed by atoms with E-state index in [1.807, 2.05) is 13.8 Å². The van der Waals surface area contributed by atoms with E-state index in [9.17, 15) is 14.4 Å². The highest BCUT2D eigenvalue weighted by atomic mass is 16.7. The van der Waals surface area contributed by atoms with Gasteiger partial charge >= 0.3 is 18.3 Å². The summed E-state index contributed by atoms with van der Waals surface area (Å²) in [6.45, 7) is 7.87. The van der Waals surface area contributed by atoms with Crippen molar-refractivity contribution in [2.45, 2.75) is 84.8 Å². The van der Waals surface area contributed by atoms with E-state index in [4.69, 9.17) is 28.4 Å². The number of ether oxygens (including phenoxy) is 6. The van der Waals surface area contributed by atoms with Crippen LogP contribution in [0.5, 0.6) is 0 Å². The van der Waals surface area contributed by atoms with Gasteiger partial charge in [-0.25, -0.2) is 14.4 Å². The molecule has 0 N–H and O–H groups in total. The lowest BCUT2D eigenvalue weighted by Gasteiger charge is -2.13. The zero-order valence-electron chi connectivity index (χ0n) is 18.8. The van der Waals surface area contributed by atoms with E-state index in [-0.39, 0.29) is 32.5 Å². The van der Waals surface area contributed by atoms with Crippen LogP contribution in [0.15, 0.2) is 0 Å². The molecule has 9 nitrogen and oxygen atoms in total. The van der Waals surface area contributed by atoms with E-state index in [1.165, 1.54) is 13.3 Å². The van der Waals surface area contributed by atoms with E-state index in [0.29, 0.717) is 6.61 Å². The number of esters is 1. The van der Waals surface area contributed by atoms with Crippen LogP contribution in [-0.4, -0.2) is 63.5 Å². The highest BCUT2D eigenvalue weighted by Crippen LogP contribution is 2.08. The predicted molar refractivity (Wildman–Crippen MR) is 109 cm³/mol. The Morgan fingerprint density at radius 1 is 0.667 bits per heavy atom. The van der Waals surface area contributed by atoms with Crippen LogP contribution < -0.4 is 0 Å². The number of carbonyl (C=O) groups is 3. The molecular formula is C21H38O9. The minimum absolute atomic E-state index is 0.0342. The van der Waals surface area contributed by atoms with Gasteiger partial charge in [0.15, 0.2) is 6.10 Å². The van der Waals surface area contributed by atoms with Crippen LogP contribution >= 0.6 is 0 Å². The average molecular weight is 435 g/mol. The van der Waals surface area contributed by atoms with Crippen molar-refractivity contribution >= 4 is 18.3 Å². The van der Waals surface area contributed by atoms with Crippen molar-refractivity contribution < 1.29 is 42.8 Å². The summed E-state index contributed by atoms with van der Waals surface area (Å²) >= 11 is 0. The molecule has 30 heavy (non-hydrogen) atoms. The van der Waals surface area contributed by atoms with Crippen LogP contribution in [0.1, 0.15) is 72.6 Å². The molecule has 0 heterocycles. The number of carbonyl (C=O) groups excluding carboxylic acids is 3. The van der Waals surface area contributed by atoms with Crippen LogP contribution in [0.4, 0.5) is 9.59 Å². The van der Waals surface area contributed by atoms with Gasteiger partial charge in [0.1, 0.15) is 19.3 Å². The van der Waals surface area contributed by atoms with Crippen molar-refractivity contribution in [3.8, 4) is 0 Å². The molecule has 0 bridgehead atoms. The van der Waals surface area contributed by atoms with Crippen LogP contribution in [0.25, 0.3) is 0 Å². The van der Waals surface area contributed by atoms with E-state index >= 15 is 0 Å². The molecule has 0 aliphatic heterocycles. The number of unbranched alkanes of at least 4 members (excludes halogenated alkanes) is 4. The Kier molecular flexibility index (Phi) is 17.7.